The minimum Gasteiger partial charge on any atom is -0.362 e. The predicted molar refractivity (Wildman–Crippen MR) is 79.4 cm³/mol. The van der Waals surface area contributed by atoms with Crippen molar-refractivity contribution in [2.24, 2.45) is 0 Å². The first kappa shape index (κ1) is 13.4. The van der Waals surface area contributed by atoms with Gasteiger partial charge in [-0.3, -0.25) is 0 Å². The number of nitrogens with zero attached hydrogens (tertiary/aromatic N) is 2. The van der Waals surface area contributed by atoms with Crippen LogP contribution in [0.3, 0.4) is 0 Å². The van der Waals surface area contributed by atoms with E-state index in [2.05, 4.69) is 39.7 Å². The Labute approximate surface area is 116 Å². The zero-order valence-corrected chi connectivity index (χ0v) is 12.2. The van der Waals surface area contributed by atoms with E-state index in [-0.39, 0.29) is 0 Å². The lowest BCUT2D eigenvalue weighted by Crippen LogP contribution is -2.10. The summed E-state index contributed by atoms with van der Waals surface area (Å²) >= 11 is 3.42. The number of anilines is 1. The second-order valence-electron chi connectivity index (χ2n) is 3.95. The van der Waals surface area contributed by atoms with Crippen molar-refractivity contribution in [2.75, 3.05) is 11.6 Å². The SMILES string of the molecule is CCCC(Nc1cc(SC)ncn1)c1cccs1. The number of nitrogens with one attached hydrogen (secondary N) is 1. The molecule has 0 aliphatic rings. The molecule has 0 amide bonds. The summed E-state index contributed by atoms with van der Waals surface area (Å²) in [5.41, 5.74) is 0. The number of hydrogen-bond acceptors (Lipinski definition) is 5. The summed E-state index contributed by atoms with van der Waals surface area (Å²) in [4.78, 5) is 9.84. The molecular weight excluding hydrogens is 262 g/mol. The molecule has 0 bridgehead atoms. The first-order valence-corrected chi connectivity index (χ1v) is 8.10. The Bertz CT molecular complexity index is 471. The Morgan fingerprint density at radius 1 is 1.44 bits per heavy atom. The van der Waals surface area contributed by atoms with Crippen molar-refractivity contribution >= 4 is 28.9 Å². The maximum atomic E-state index is 4.29. The highest BCUT2D eigenvalue weighted by molar-refractivity contribution is 7.98. The third-order valence-electron chi connectivity index (χ3n) is 2.64. The highest BCUT2D eigenvalue weighted by atomic mass is 32.2. The molecular formula is C13H17N3S2. The average Bonchev–Trinajstić information content (AvgIpc) is 2.92. The fourth-order valence-electron chi connectivity index (χ4n) is 1.77. The van der Waals surface area contributed by atoms with E-state index in [1.165, 1.54) is 4.88 Å². The van der Waals surface area contributed by atoms with Crippen LogP contribution in [0.5, 0.6) is 0 Å². The number of thioether (sulfide) groups is 1. The van der Waals surface area contributed by atoms with Crippen molar-refractivity contribution in [2.45, 2.75) is 30.8 Å². The Morgan fingerprint density at radius 3 is 3.00 bits per heavy atom. The second kappa shape index (κ2) is 6.75. The van der Waals surface area contributed by atoms with E-state index in [1.807, 2.05) is 12.3 Å². The summed E-state index contributed by atoms with van der Waals surface area (Å²) in [6, 6.07) is 6.62. The normalized spacial score (nSPS) is 12.3. The van der Waals surface area contributed by atoms with Gasteiger partial charge in [0.1, 0.15) is 17.2 Å². The summed E-state index contributed by atoms with van der Waals surface area (Å²) < 4.78 is 0. The Kier molecular flexibility index (Phi) is 5.01. The van der Waals surface area contributed by atoms with Crippen LogP contribution in [-0.2, 0) is 0 Å². The van der Waals surface area contributed by atoms with E-state index in [0.717, 1.165) is 23.7 Å². The van der Waals surface area contributed by atoms with Gasteiger partial charge in [-0.25, -0.2) is 9.97 Å². The third kappa shape index (κ3) is 3.46. The number of rotatable bonds is 6. The quantitative estimate of drug-likeness (QED) is 0.635. The maximum absolute atomic E-state index is 4.29. The molecule has 1 unspecified atom stereocenters. The molecule has 0 aliphatic heterocycles. The molecule has 0 fully saturated rings. The third-order valence-corrected chi connectivity index (χ3v) is 4.26. The first-order chi connectivity index (χ1) is 8.83. The first-order valence-electron chi connectivity index (χ1n) is 5.99. The van der Waals surface area contributed by atoms with Crippen molar-refractivity contribution in [3.63, 3.8) is 0 Å². The van der Waals surface area contributed by atoms with Crippen molar-refractivity contribution in [1.29, 1.82) is 0 Å². The molecule has 2 heterocycles. The zero-order chi connectivity index (χ0) is 12.8. The van der Waals surface area contributed by atoms with Gasteiger partial charge in [0, 0.05) is 10.9 Å². The summed E-state index contributed by atoms with van der Waals surface area (Å²) in [6.45, 7) is 2.20. The zero-order valence-electron chi connectivity index (χ0n) is 10.6. The second-order valence-corrected chi connectivity index (χ2v) is 5.75. The van der Waals surface area contributed by atoms with Gasteiger partial charge in [-0.15, -0.1) is 23.1 Å². The molecule has 0 saturated carbocycles. The monoisotopic (exact) mass is 279 g/mol. The van der Waals surface area contributed by atoms with Crippen LogP contribution in [0.25, 0.3) is 0 Å². The lowest BCUT2D eigenvalue weighted by molar-refractivity contribution is 0.683. The summed E-state index contributed by atoms with van der Waals surface area (Å²) in [6.07, 6.45) is 5.90. The summed E-state index contributed by atoms with van der Waals surface area (Å²) in [7, 11) is 0. The van der Waals surface area contributed by atoms with Crippen LogP contribution >= 0.6 is 23.1 Å². The molecule has 0 spiro atoms. The fraction of sp³-hybridized carbons (Fsp3) is 0.385. The molecule has 1 atom stereocenters. The topological polar surface area (TPSA) is 37.8 Å². The van der Waals surface area contributed by atoms with Gasteiger partial charge in [0.05, 0.1) is 6.04 Å². The standard InChI is InChI=1S/C13H17N3S2/c1-3-5-10(11-6-4-7-18-11)16-12-8-13(17-2)15-9-14-12/h4,6-10H,3,5H2,1-2H3,(H,14,15,16). The molecule has 96 valence electrons. The van der Waals surface area contributed by atoms with E-state index < -0.39 is 0 Å². The molecule has 3 nitrogen and oxygen atoms in total. The van der Waals surface area contributed by atoms with Crippen LogP contribution in [0.2, 0.25) is 0 Å². The van der Waals surface area contributed by atoms with Gasteiger partial charge < -0.3 is 5.32 Å². The van der Waals surface area contributed by atoms with Gasteiger partial charge in [-0.05, 0) is 24.1 Å². The van der Waals surface area contributed by atoms with E-state index >= 15 is 0 Å². The smallest absolute Gasteiger partial charge is 0.130 e. The summed E-state index contributed by atoms with van der Waals surface area (Å²) in [5, 5.41) is 6.62. The fourth-order valence-corrected chi connectivity index (χ4v) is 2.97. The van der Waals surface area contributed by atoms with Gasteiger partial charge in [0.2, 0.25) is 0 Å². The molecule has 2 aromatic heterocycles. The lowest BCUT2D eigenvalue weighted by atomic mass is 10.1. The molecule has 18 heavy (non-hydrogen) atoms. The molecule has 0 saturated heterocycles. The Morgan fingerprint density at radius 2 is 2.33 bits per heavy atom. The van der Waals surface area contributed by atoms with Gasteiger partial charge >= 0.3 is 0 Å². The van der Waals surface area contributed by atoms with Gasteiger partial charge in [-0.2, -0.15) is 0 Å². The van der Waals surface area contributed by atoms with Crippen LogP contribution < -0.4 is 5.32 Å². The van der Waals surface area contributed by atoms with Crippen molar-refractivity contribution in [3.05, 3.63) is 34.8 Å². The molecule has 1 N–H and O–H groups in total. The molecule has 2 aromatic rings. The molecule has 0 radical (unpaired) electrons. The Hall–Kier alpha value is -1.07. The largest absolute Gasteiger partial charge is 0.362 e. The Balaban J connectivity index is 2.13. The van der Waals surface area contributed by atoms with Crippen LogP contribution in [0, 0.1) is 0 Å². The van der Waals surface area contributed by atoms with E-state index in [1.54, 1.807) is 29.4 Å². The number of thiophene rings is 1. The van der Waals surface area contributed by atoms with Crippen molar-refractivity contribution in [1.82, 2.24) is 9.97 Å². The molecule has 2 rings (SSSR count). The average molecular weight is 279 g/mol. The van der Waals surface area contributed by atoms with Crippen molar-refractivity contribution < 1.29 is 0 Å². The number of aromatic nitrogens is 2. The van der Waals surface area contributed by atoms with Crippen LogP contribution in [-0.4, -0.2) is 16.2 Å². The van der Waals surface area contributed by atoms with Crippen molar-refractivity contribution in [3.8, 4) is 0 Å². The molecule has 0 aromatic carbocycles. The van der Waals surface area contributed by atoms with E-state index in [0.29, 0.717) is 6.04 Å². The minimum absolute atomic E-state index is 0.347. The van der Waals surface area contributed by atoms with Crippen LogP contribution in [0.15, 0.2) is 34.9 Å². The molecule has 0 aliphatic carbocycles. The predicted octanol–water partition coefficient (Wildman–Crippen LogP) is 4.21. The highest BCUT2D eigenvalue weighted by Crippen LogP contribution is 2.27. The molecule has 5 heteroatoms. The minimum atomic E-state index is 0.347. The maximum Gasteiger partial charge on any atom is 0.130 e. The van der Waals surface area contributed by atoms with Gasteiger partial charge in [-0.1, -0.05) is 19.4 Å². The summed E-state index contributed by atoms with van der Waals surface area (Å²) in [5.74, 6) is 0.904. The van der Waals surface area contributed by atoms with Gasteiger partial charge in [0.15, 0.2) is 0 Å². The van der Waals surface area contributed by atoms with E-state index in [9.17, 15) is 0 Å². The van der Waals surface area contributed by atoms with Gasteiger partial charge in [0.25, 0.3) is 0 Å². The van der Waals surface area contributed by atoms with Crippen LogP contribution in [0.4, 0.5) is 5.82 Å². The number of hydrogen-bond donors (Lipinski definition) is 1. The van der Waals surface area contributed by atoms with Crippen LogP contribution in [0.1, 0.15) is 30.7 Å². The lowest BCUT2D eigenvalue weighted by Gasteiger charge is -2.17. The highest BCUT2D eigenvalue weighted by Gasteiger charge is 2.12. The van der Waals surface area contributed by atoms with E-state index in [4.69, 9.17) is 0 Å².